The number of hydrogen-bond acceptors (Lipinski definition) is 2. The Morgan fingerprint density at radius 2 is 1.60 bits per heavy atom. The summed E-state index contributed by atoms with van der Waals surface area (Å²) in [7, 11) is 0. The van der Waals surface area contributed by atoms with Crippen molar-refractivity contribution < 1.29 is 9.59 Å². The third-order valence-electron chi connectivity index (χ3n) is 2.99. The van der Waals surface area contributed by atoms with Crippen molar-refractivity contribution in [3.8, 4) is 0 Å². The highest BCUT2D eigenvalue weighted by molar-refractivity contribution is 6.09. The third-order valence-corrected chi connectivity index (χ3v) is 2.99. The predicted octanol–water partition coefficient (Wildman–Crippen LogP) is 3.92. The first-order chi connectivity index (χ1) is 9.72. The molecule has 0 fully saturated rings. The van der Waals surface area contributed by atoms with Gasteiger partial charge in [0.05, 0.1) is 5.69 Å². The van der Waals surface area contributed by atoms with E-state index in [1.54, 1.807) is 30.3 Å². The van der Waals surface area contributed by atoms with Crippen LogP contribution in [0.3, 0.4) is 0 Å². The van der Waals surface area contributed by atoms with Crippen molar-refractivity contribution in [1.29, 1.82) is 0 Å². The van der Waals surface area contributed by atoms with E-state index in [-0.39, 0.29) is 11.7 Å². The van der Waals surface area contributed by atoms with E-state index in [2.05, 4.69) is 5.32 Å². The standard InChI is InChI=1S/C17H17NO2/c1-2-8-16(19)14-11-6-7-12-15(14)18-17(20)13-9-4-3-5-10-13/h3-7,9-12H,2,8H2,1H3,(H,18,20). The smallest absolute Gasteiger partial charge is 0.255 e. The van der Waals surface area contributed by atoms with Gasteiger partial charge in [-0.25, -0.2) is 0 Å². The Balaban J connectivity index is 2.21. The number of anilines is 1. The van der Waals surface area contributed by atoms with Gasteiger partial charge >= 0.3 is 0 Å². The molecule has 0 aliphatic carbocycles. The molecular formula is C17H17NO2. The molecule has 0 spiro atoms. The van der Waals surface area contributed by atoms with Gasteiger partial charge in [0, 0.05) is 17.5 Å². The maximum Gasteiger partial charge on any atom is 0.255 e. The molecule has 0 aliphatic rings. The van der Waals surface area contributed by atoms with Gasteiger partial charge in [-0.2, -0.15) is 0 Å². The van der Waals surface area contributed by atoms with Crippen LogP contribution in [0.1, 0.15) is 40.5 Å². The number of hydrogen-bond donors (Lipinski definition) is 1. The van der Waals surface area contributed by atoms with Crippen molar-refractivity contribution in [2.24, 2.45) is 0 Å². The first-order valence-electron chi connectivity index (χ1n) is 6.71. The number of para-hydroxylation sites is 1. The average Bonchev–Trinajstić information content (AvgIpc) is 2.49. The Labute approximate surface area is 118 Å². The highest BCUT2D eigenvalue weighted by atomic mass is 16.1. The molecule has 2 rings (SSSR count). The molecule has 1 amide bonds. The summed E-state index contributed by atoms with van der Waals surface area (Å²) in [6, 6.07) is 16.1. The predicted molar refractivity (Wildman–Crippen MR) is 80.1 cm³/mol. The zero-order valence-corrected chi connectivity index (χ0v) is 11.4. The number of amides is 1. The lowest BCUT2D eigenvalue weighted by Crippen LogP contribution is -2.14. The summed E-state index contributed by atoms with van der Waals surface area (Å²) >= 11 is 0. The number of Topliss-reactive ketones (excluding diaryl/α,β-unsaturated/α-hetero) is 1. The molecule has 0 heterocycles. The average molecular weight is 267 g/mol. The molecule has 3 nitrogen and oxygen atoms in total. The van der Waals surface area contributed by atoms with Crippen LogP contribution in [0, 0.1) is 0 Å². The number of nitrogens with one attached hydrogen (secondary N) is 1. The van der Waals surface area contributed by atoms with Crippen LogP contribution in [0.15, 0.2) is 54.6 Å². The van der Waals surface area contributed by atoms with Crippen molar-refractivity contribution in [2.75, 3.05) is 5.32 Å². The van der Waals surface area contributed by atoms with Crippen LogP contribution < -0.4 is 5.32 Å². The van der Waals surface area contributed by atoms with Crippen LogP contribution in [-0.2, 0) is 0 Å². The van der Waals surface area contributed by atoms with E-state index in [0.29, 0.717) is 23.2 Å². The van der Waals surface area contributed by atoms with Gasteiger partial charge in [-0.05, 0) is 30.7 Å². The Hall–Kier alpha value is -2.42. The molecule has 0 unspecified atom stereocenters. The quantitative estimate of drug-likeness (QED) is 0.834. The summed E-state index contributed by atoms with van der Waals surface area (Å²) in [6.45, 7) is 1.96. The van der Waals surface area contributed by atoms with E-state index in [1.807, 2.05) is 31.2 Å². The molecule has 0 atom stereocenters. The molecule has 102 valence electrons. The maximum atomic E-state index is 12.1. The van der Waals surface area contributed by atoms with Crippen LogP contribution in [-0.4, -0.2) is 11.7 Å². The molecule has 2 aromatic carbocycles. The van der Waals surface area contributed by atoms with Crippen molar-refractivity contribution in [3.63, 3.8) is 0 Å². The van der Waals surface area contributed by atoms with Crippen LogP contribution in [0.2, 0.25) is 0 Å². The van der Waals surface area contributed by atoms with Crippen LogP contribution in [0.25, 0.3) is 0 Å². The minimum absolute atomic E-state index is 0.0523. The fourth-order valence-electron chi connectivity index (χ4n) is 1.98. The normalized spacial score (nSPS) is 10.1. The molecule has 0 bridgehead atoms. The Morgan fingerprint density at radius 3 is 2.30 bits per heavy atom. The summed E-state index contributed by atoms with van der Waals surface area (Å²) in [5.74, 6) is -0.154. The highest BCUT2D eigenvalue weighted by Crippen LogP contribution is 2.18. The molecule has 0 saturated carbocycles. The summed E-state index contributed by atoms with van der Waals surface area (Å²) in [5.41, 5.74) is 1.71. The Bertz CT molecular complexity index is 605. The summed E-state index contributed by atoms with van der Waals surface area (Å²) < 4.78 is 0. The third kappa shape index (κ3) is 3.32. The van der Waals surface area contributed by atoms with E-state index in [0.717, 1.165) is 6.42 Å². The molecular weight excluding hydrogens is 250 g/mol. The van der Waals surface area contributed by atoms with Crippen molar-refractivity contribution in [1.82, 2.24) is 0 Å². The molecule has 0 aromatic heterocycles. The van der Waals surface area contributed by atoms with Gasteiger partial charge in [-0.3, -0.25) is 9.59 Å². The van der Waals surface area contributed by atoms with Gasteiger partial charge < -0.3 is 5.32 Å². The van der Waals surface area contributed by atoms with Crippen molar-refractivity contribution >= 4 is 17.4 Å². The monoisotopic (exact) mass is 267 g/mol. The van der Waals surface area contributed by atoms with Crippen LogP contribution in [0.4, 0.5) is 5.69 Å². The summed E-state index contributed by atoms with van der Waals surface area (Å²) in [6.07, 6.45) is 1.28. The second-order valence-corrected chi connectivity index (χ2v) is 4.54. The second kappa shape index (κ2) is 6.66. The van der Waals surface area contributed by atoms with E-state index >= 15 is 0 Å². The van der Waals surface area contributed by atoms with Gasteiger partial charge in [0.1, 0.15) is 0 Å². The van der Waals surface area contributed by atoms with Crippen molar-refractivity contribution in [3.05, 3.63) is 65.7 Å². The minimum atomic E-state index is -0.206. The molecule has 0 saturated heterocycles. The number of ketones is 1. The van der Waals surface area contributed by atoms with Crippen LogP contribution >= 0.6 is 0 Å². The summed E-state index contributed by atoms with van der Waals surface area (Å²) in [4.78, 5) is 24.2. The van der Waals surface area contributed by atoms with E-state index < -0.39 is 0 Å². The fraction of sp³-hybridized carbons (Fsp3) is 0.176. The number of rotatable bonds is 5. The van der Waals surface area contributed by atoms with Crippen LogP contribution in [0.5, 0.6) is 0 Å². The number of carbonyl (C=O) groups is 2. The lowest BCUT2D eigenvalue weighted by molar-refractivity contribution is 0.0982. The Kier molecular flexibility index (Phi) is 4.66. The largest absolute Gasteiger partial charge is 0.321 e. The molecule has 0 aliphatic heterocycles. The lowest BCUT2D eigenvalue weighted by Gasteiger charge is -2.10. The van der Waals surface area contributed by atoms with E-state index in [4.69, 9.17) is 0 Å². The van der Waals surface area contributed by atoms with Gasteiger partial charge in [-0.15, -0.1) is 0 Å². The first kappa shape index (κ1) is 14.0. The topological polar surface area (TPSA) is 46.2 Å². The summed E-state index contributed by atoms with van der Waals surface area (Å²) in [5, 5.41) is 2.81. The highest BCUT2D eigenvalue weighted by Gasteiger charge is 2.12. The van der Waals surface area contributed by atoms with E-state index in [1.165, 1.54) is 0 Å². The molecule has 0 radical (unpaired) electrons. The van der Waals surface area contributed by atoms with Crippen molar-refractivity contribution in [2.45, 2.75) is 19.8 Å². The number of benzene rings is 2. The molecule has 2 aromatic rings. The van der Waals surface area contributed by atoms with Gasteiger partial charge in [-0.1, -0.05) is 37.3 Å². The molecule has 20 heavy (non-hydrogen) atoms. The number of carbonyl (C=O) groups excluding carboxylic acids is 2. The lowest BCUT2D eigenvalue weighted by atomic mass is 10.0. The Morgan fingerprint density at radius 1 is 0.950 bits per heavy atom. The second-order valence-electron chi connectivity index (χ2n) is 4.54. The molecule has 3 heteroatoms. The molecule has 1 N–H and O–H groups in total. The van der Waals surface area contributed by atoms with Gasteiger partial charge in [0.15, 0.2) is 5.78 Å². The zero-order valence-electron chi connectivity index (χ0n) is 11.4. The fourth-order valence-corrected chi connectivity index (χ4v) is 1.98. The van der Waals surface area contributed by atoms with Gasteiger partial charge in [0.25, 0.3) is 5.91 Å². The first-order valence-corrected chi connectivity index (χ1v) is 6.71. The van der Waals surface area contributed by atoms with Gasteiger partial charge in [0.2, 0.25) is 0 Å². The maximum absolute atomic E-state index is 12.1. The van der Waals surface area contributed by atoms with E-state index in [9.17, 15) is 9.59 Å². The minimum Gasteiger partial charge on any atom is -0.321 e. The SMILES string of the molecule is CCCC(=O)c1ccccc1NC(=O)c1ccccc1. The zero-order chi connectivity index (χ0) is 14.4.